The molecule has 0 bridgehead atoms. The first kappa shape index (κ1) is 17.4. The molecule has 0 aromatic carbocycles. The fraction of sp³-hybridized carbons (Fsp3) is 0.545. The molecule has 0 saturated heterocycles. The minimum absolute atomic E-state index is 0. The van der Waals surface area contributed by atoms with Crippen molar-refractivity contribution in [2.45, 2.75) is 25.7 Å². The Labute approximate surface area is 109 Å². The maximum Gasteiger partial charge on any atom is 0.169 e. The fourth-order valence-corrected chi connectivity index (χ4v) is 1.12. The molecule has 89 valence electrons. The first-order valence-corrected chi connectivity index (χ1v) is 4.90. The first-order chi connectivity index (χ1) is 6.50. The van der Waals surface area contributed by atoms with Gasteiger partial charge in [0.2, 0.25) is 0 Å². The number of allylic oxidation sites excluding steroid dienone is 4. The van der Waals surface area contributed by atoms with E-state index in [1.54, 1.807) is 0 Å². The topological polar surface area (TPSA) is 21.6 Å². The summed E-state index contributed by atoms with van der Waals surface area (Å²) in [5.41, 5.74) is 0. The molecule has 2 nitrogen and oxygen atoms in total. The van der Waals surface area contributed by atoms with Gasteiger partial charge >= 0.3 is 0 Å². The van der Waals surface area contributed by atoms with Gasteiger partial charge in [0.15, 0.2) is 6.40 Å². The minimum atomic E-state index is 0. The maximum atomic E-state index is 4.65. The fourth-order valence-electron chi connectivity index (χ4n) is 1.12. The number of hydrogen-bond acceptors (Lipinski definition) is 2. The Morgan fingerprint density at radius 3 is 1.53 bits per heavy atom. The predicted molar refractivity (Wildman–Crippen MR) is 67.2 cm³/mol. The quantitative estimate of drug-likeness (QED) is 0.449. The summed E-state index contributed by atoms with van der Waals surface area (Å²) in [4.78, 5) is 3.74. The molecule has 1 radical (unpaired) electrons. The Hall–Kier alpha value is 0.0294. The molecule has 0 amide bonds. The summed E-state index contributed by atoms with van der Waals surface area (Å²) < 4.78 is 4.65. The van der Waals surface area contributed by atoms with Crippen LogP contribution in [0.5, 0.6) is 0 Å². The molecular weight excluding hydrogens is 385 g/mol. The molecule has 2 rings (SSSR count). The third-order valence-electron chi connectivity index (χ3n) is 1.82. The Kier molecular flexibility index (Phi) is 16.3. The Bertz CT molecular complexity index is 173. The zero-order valence-electron chi connectivity index (χ0n) is 9.03. The summed E-state index contributed by atoms with van der Waals surface area (Å²) in [7, 11) is 0. The van der Waals surface area contributed by atoms with Crippen LogP contribution in [-0.4, -0.2) is 19.6 Å². The van der Waals surface area contributed by atoms with Gasteiger partial charge in [-0.3, -0.25) is 4.99 Å². The Balaban J connectivity index is 0. The van der Waals surface area contributed by atoms with Crippen molar-refractivity contribution in [1.29, 1.82) is 0 Å². The molecule has 0 N–H and O–H groups in total. The molecule has 1 atom stereocenters. The summed E-state index contributed by atoms with van der Waals surface area (Å²) in [6.07, 6.45) is 15.5. The molecule has 1 heterocycles. The van der Waals surface area contributed by atoms with Crippen molar-refractivity contribution in [3.63, 3.8) is 0 Å². The van der Waals surface area contributed by atoms with Gasteiger partial charge in [-0.05, 0) is 25.7 Å². The van der Waals surface area contributed by atoms with E-state index in [2.05, 4.69) is 34.0 Å². The molecule has 0 spiro atoms. The van der Waals surface area contributed by atoms with Crippen LogP contribution in [0.15, 0.2) is 29.3 Å². The molecule has 1 aliphatic heterocycles. The van der Waals surface area contributed by atoms with Crippen LogP contribution in [0.4, 0.5) is 0 Å². The van der Waals surface area contributed by atoms with E-state index < -0.39 is 0 Å². The monoisotopic (exact) mass is 406 g/mol. The van der Waals surface area contributed by atoms with Gasteiger partial charge in [-0.2, -0.15) is 9.90 Å². The van der Waals surface area contributed by atoms with E-state index in [1.165, 1.54) is 32.1 Å². The Morgan fingerprint density at radius 1 is 0.867 bits per heavy atom. The zero-order chi connectivity index (χ0) is 9.19. The van der Waals surface area contributed by atoms with E-state index in [4.69, 9.17) is 0 Å². The van der Waals surface area contributed by atoms with E-state index in [0.717, 1.165) is 13.2 Å². The number of aliphatic imine (C=N–C) groups is 1. The van der Waals surface area contributed by atoms with Crippen LogP contribution >= 0.6 is 9.90 Å². The van der Waals surface area contributed by atoms with Crippen LogP contribution in [0.3, 0.4) is 0 Å². The third kappa shape index (κ3) is 12.0. The maximum absolute atomic E-state index is 4.65. The smallest absolute Gasteiger partial charge is 0.169 e. The zero-order valence-corrected chi connectivity index (χ0v) is 12.8. The van der Waals surface area contributed by atoms with Crippen molar-refractivity contribution in [3.8, 4) is 0 Å². The van der Waals surface area contributed by atoms with Gasteiger partial charge in [-0.15, -0.1) is 0 Å². The van der Waals surface area contributed by atoms with E-state index in [9.17, 15) is 0 Å². The van der Waals surface area contributed by atoms with Crippen molar-refractivity contribution < 1.29 is 24.8 Å². The van der Waals surface area contributed by atoms with Crippen LogP contribution in [0.1, 0.15) is 25.7 Å². The number of nitrogens with zero attached hydrogens (tertiary/aromatic N) is 1. The molecule has 1 aliphatic carbocycles. The number of rotatable bonds is 0. The second-order valence-corrected chi connectivity index (χ2v) is 2.98. The van der Waals surface area contributed by atoms with Crippen LogP contribution in [0.2, 0.25) is 0 Å². The van der Waals surface area contributed by atoms with Gasteiger partial charge in [-0.25, -0.2) is 0 Å². The standard InChI is InChI=1S/C8H12.C3H5NO.Ir.H3P/c1-2-4-6-8-7-5-3-1;1-2-5-3-4-1;;/h1-2,7-8H,3-6H2;3H,1-2H2;;1H3. The summed E-state index contributed by atoms with van der Waals surface area (Å²) in [6, 6.07) is 0. The van der Waals surface area contributed by atoms with Gasteiger partial charge in [0, 0.05) is 20.1 Å². The predicted octanol–water partition coefficient (Wildman–Crippen LogP) is 2.77. The summed E-state index contributed by atoms with van der Waals surface area (Å²) >= 11 is 0. The third-order valence-corrected chi connectivity index (χ3v) is 1.82. The van der Waals surface area contributed by atoms with E-state index in [1.807, 2.05) is 0 Å². The largest absolute Gasteiger partial charge is 0.482 e. The molecule has 15 heavy (non-hydrogen) atoms. The van der Waals surface area contributed by atoms with Crippen molar-refractivity contribution in [1.82, 2.24) is 0 Å². The second-order valence-electron chi connectivity index (χ2n) is 2.98. The molecule has 0 saturated carbocycles. The molecule has 0 aromatic heterocycles. The van der Waals surface area contributed by atoms with Gasteiger partial charge in [0.05, 0.1) is 6.54 Å². The molecular formula is C11H20IrNOP. The Morgan fingerprint density at radius 2 is 1.33 bits per heavy atom. The average Bonchev–Trinajstić information content (AvgIpc) is 2.58. The molecule has 0 fully saturated rings. The molecule has 1 unspecified atom stereocenters. The van der Waals surface area contributed by atoms with Gasteiger partial charge in [-0.1, -0.05) is 24.3 Å². The van der Waals surface area contributed by atoms with E-state index >= 15 is 0 Å². The van der Waals surface area contributed by atoms with E-state index in [-0.39, 0.29) is 30.0 Å². The van der Waals surface area contributed by atoms with Crippen molar-refractivity contribution in [2.24, 2.45) is 4.99 Å². The van der Waals surface area contributed by atoms with Crippen molar-refractivity contribution in [2.75, 3.05) is 13.2 Å². The van der Waals surface area contributed by atoms with Gasteiger partial charge in [0.1, 0.15) is 6.61 Å². The molecule has 0 aromatic rings. The number of hydrogen-bond donors (Lipinski definition) is 0. The first-order valence-electron chi connectivity index (χ1n) is 4.90. The molecule has 4 heteroatoms. The normalized spacial score (nSPS) is 17.1. The second kappa shape index (κ2) is 14.0. The summed E-state index contributed by atoms with van der Waals surface area (Å²) in [5, 5.41) is 0. The minimum Gasteiger partial charge on any atom is -0.482 e. The van der Waals surface area contributed by atoms with Gasteiger partial charge < -0.3 is 4.74 Å². The average molecular weight is 405 g/mol. The molecule has 2 aliphatic rings. The van der Waals surface area contributed by atoms with Crippen molar-refractivity contribution in [3.05, 3.63) is 24.3 Å². The van der Waals surface area contributed by atoms with Crippen LogP contribution in [-0.2, 0) is 24.8 Å². The SMILES string of the molecule is C1=CCCC=CCC1.C1=NCCO1.P.[Ir]. The summed E-state index contributed by atoms with van der Waals surface area (Å²) in [6.45, 7) is 1.62. The van der Waals surface area contributed by atoms with Crippen LogP contribution in [0, 0.1) is 0 Å². The van der Waals surface area contributed by atoms with Crippen molar-refractivity contribution >= 4 is 16.3 Å². The van der Waals surface area contributed by atoms with E-state index in [0.29, 0.717) is 0 Å². The van der Waals surface area contributed by atoms with Crippen LogP contribution < -0.4 is 0 Å². The summed E-state index contributed by atoms with van der Waals surface area (Å²) in [5.74, 6) is 0. The number of ether oxygens (including phenoxy) is 1. The van der Waals surface area contributed by atoms with Crippen LogP contribution in [0.25, 0.3) is 0 Å². The van der Waals surface area contributed by atoms with Gasteiger partial charge in [0.25, 0.3) is 0 Å².